The number of nitrogens with one attached hydrogen (secondary N) is 2. The summed E-state index contributed by atoms with van der Waals surface area (Å²) in [6.07, 6.45) is 1.67. The summed E-state index contributed by atoms with van der Waals surface area (Å²) in [5.41, 5.74) is 1.17. The number of para-hydroxylation sites is 2. The zero-order valence-corrected chi connectivity index (χ0v) is 15.5. The van der Waals surface area contributed by atoms with Crippen LogP contribution >= 0.6 is 11.8 Å². The maximum Gasteiger partial charge on any atom is 0.251 e. The van der Waals surface area contributed by atoms with Crippen molar-refractivity contribution >= 4 is 23.4 Å². The Kier molecular flexibility index (Phi) is 7.06. The van der Waals surface area contributed by atoms with Crippen molar-refractivity contribution in [3.63, 3.8) is 0 Å². The monoisotopic (exact) mass is 361 g/mol. The van der Waals surface area contributed by atoms with Gasteiger partial charge in [-0.25, -0.2) is 4.98 Å². The summed E-state index contributed by atoms with van der Waals surface area (Å²) < 4.78 is 5.69. The van der Waals surface area contributed by atoms with E-state index in [4.69, 9.17) is 4.74 Å². The zero-order chi connectivity index (χ0) is 18.2. The summed E-state index contributed by atoms with van der Waals surface area (Å²) >= 11 is 1.20. The van der Waals surface area contributed by atoms with Gasteiger partial charge in [-0.3, -0.25) is 9.59 Å². The summed E-state index contributed by atoms with van der Waals surface area (Å²) in [6.45, 7) is 5.89. The first-order valence-corrected chi connectivity index (χ1v) is 9.25. The van der Waals surface area contributed by atoms with E-state index in [9.17, 15) is 9.59 Å². The fourth-order valence-corrected chi connectivity index (χ4v) is 2.88. The number of H-pyrrole nitrogens is 1. The SMILES string of the molecule is CCCc1cc(=O)[nH]c(SCC(=O)Nc2ccccc2OC(C)C)n1. The Morgan fingerprint density at radius 2 is 2.12 bits per heavy atom. The minimum absolute atomic E-state index is 0.0167. The van der Waals surface area contributed by atoms with Gasteiger partial charge in [0.05, 0.1) is 17.5 Å². The predicted molar refractivity (Wildman–Crippen MR) is 100 cm³/mol. The molecular formula is C18H23N3O3S. The van der Waals surface area contributed by atoms with Gasteiger partial charge >= 0.3 is 0 Å². The van der Waals surface area contributed by atoms with Crippen molar-refractivity contribution in [3.8, 4) is 5.75 Å². The third-order valence-electron chi connectivity index (χ3n) is 3.14. The molecule has 2 aromatic rings. The van der Waals surface area contributed by atoms with E-state index < -0.39 is 0 Å². The van der Waals surface area contributed by atoms with Gasteiger partial charge < -0.3 is 15.0 Å². The Morgan fingerprint density at radius 3 is 2.84 bits per heavy atom. The summed E-state index contributed by atoms with van der Waals surface area (Å²) in [5, 5.41) is 3.29. The number of hydrogen-bond acceptors (Lipinski definition) is 5. The predicted octanol–water partition coefficient (Wildman–Crippen LogP) is 3.24. The smallest absolute Gasteiger partial charge is 0.251 e. The number of aromatic nitrogens is 2. The standard InChI is InChI=1S/C18H23N3O3S/c1-4-7-13-10-16(22)21-18(19-13)25-11-17(23)20-14-8-5-6-9-15(14)24-12(2)3/h5-6,8-10,12H,4,7,11H2,1-3H3,(H,20,23)(H,19,21,22). The number of rotatable bonds is 8. The number of thioether (sulfide) groups is 1. The summed E-state index contributed by atoms with van der Waals surface area (Å²) in [7, 11) is 0. The Bertz CT molecular complexity index is 774. The largest absolute Gasteiger partial charge is 0.489 e. The highest BCUT2D eigenvalue weighted by Crippen LogP contribution is 2.25. The van der Waals surface area contributed by atoms with E-state index >= 15 is 0 Å². The average molecular weight is 361 g/mol. The molecule has 7 heteroatoms. The van der Waals surface area contributed by atoms with Crippen LogP contribution in [0.4, 0.5) is 5.69 Å². The highest BCUT2D eigenvalue weighted by Gasteiger charge is 2.10. The van der Waals surface area contributed by atoms with Crippen LogP contribution in [-0.4, -0.2) is 27.7 Å². The second-order valence-electron chi connectivity index (χ2n) is 5.79. The lowest BCUT2D eigenvalue weighted by Crippen LogP contribution is -2.17. The molecule has 2 N–H and O–H groups in total. The van der Waals surface area contributed by atoms with Gasteiger partial charge in [0, 0.05) is 11.8 Å². The molecule has 0 aliphatic heterocycles. The zero-order valence-electron chi connectivity index (χ0n) is 14.7. The number of aryl methyl sites for hydroxylation is 1. The average Bonchev–Trinajstić information content (AvgIpc) is 2.54. The topological polar surface area (TPSA) is 84.1 Å². The van der Waals surface area contributed by atoms with Gasteiger partial charge in [-0.1, -0.05) is 37.2 Å². The van der Waals surface area contributed by atoms with Crippen LogP contribution in [0.2, 0.25) is 0 Å². The Morgan fingerprint density at radius 1 is 1.36 bits per heavy atom. The summed E-state index contributed by atoms with van der Waals surface area (Å²) in [4.78, 5) is 30.9. The molecule has 0 unspecified atom stereocenters. The molecule has 1 aromatic carbocycles. The Hall–Kier alpha value is -2.28. The first-order chi connectivity index (χ1) is 12.0. The number of amides is 1. The van der Waals surface area contributed by atoms with Gasteiger partial charge in [0.25, 0.3) is 5.56 Å². The van der Waals surface area contributed by atoms with Crippen LogP contribution in [0.5, 0.6) is 5.75 Å². The maximum atomic E-state index is 12.2. The molecule has 2 rings (SSSR count). The number of ether oxygens (including phenoxy) is 1. The molecule has 1 aromatic heterocycles. The Labute approximate surface area is 151 Å². The van der Waals surface area contributed by atoms with Crippen LogP contribution in [0.25, 0.3) is 0 Å². The lowest BCUT2D eigenvalue weighted by atomic mass is 10.2. The summed E-state index contributed by atoms with van der Waals surface area (Å²) in [5.74, 6) is 0.592. The molecule has 0 spiro atoms. The number of carbonyl (C=O) groups excluding carboxylic acids is 1. The number of hydrogen-bond donors (Lipinski definition) is 2. The van der Waals surface area contributed by atoms with Crippen molar-refractivity contribution in [2.75, 3.05) is 11.1 Å². The molecule has 0 saturated carbocycles. The van der Waals surface area contributed by atoms with Crippen molar-refractivity contribution in [1.82, 2.24) is 9.97 Å². The first-order valence-electron chi connectivity index (χ1n) is 8.26. The van der Waals surface area contributed by atoms with Crippen molar-refractivity contribution in [1.29, 1.82) is 0 Å². The summed E-state index contributed by atoms with van der Waals surface area (Å²) in [6, 6.07) is 8.80. The van der Waals surface area contributed by atoms with Gasteiger partial charge in [-0.2, -0.15) is 0 Å². The first kappa shape index (κ1) is 19.1. The van der Waals surface area contributed by atoms with Crippen LogP contribution in [-0.2, 0) is 11.2 Å². The van der Waals surface area contributed by atoms with Gasteiger partial charge in [-0.15, -0.1) is 0 Å². The lowest BCUT2D eigenvalue weighted by Gasteiger charge is -2.14. The number of aromatic amines is 1. The second-order valence-corrected chi connectivity index (χ2v) is 6.76. The second kappa shape index (κ2) is 9.27. The van der Waals surface area contributed by atoms with Gasteiger partial charge in [0.1, 0.15) is 5.75 Å². The molecule has 6 nitrogen and oxygen atoms in total. The van der Waals surface area contributed by atoms with Gasteiger partial charge in [0.2, 0.25) is 5.91 Å². The van der Waals surface area contributed by atoms with E-state index in [-0.39, 0.29) is 23.3 Å². The van der Waals surface area contributed by atoms with Crippen LogP contribution in [0, 0.1) is 0 Å². The van der Waals surface area contributed by atoms with Crippen molar-refractivity contribution in [2.24, 2.45) is 0 Å². The molecule has 0 fully saturated rings. The molecule has 134 valence electrons. The highest BCUT2D eigenvalue weighted by atomic mass is 32.2. The molecule has 0 aliphatic rings. The molecule has 0 radical (unpaired) electrons. The molecule has 1 amide bonds. The molecule has 0 aliphatic carbocycles. The third kappa shape index (κ3) is 6.26. The van der Waals surface area contributed by atoms with Crippen molar-refractivity contribution < 1.29 is 9.53 Å². The van der Waals surface area contributed by atoms with E-state index in [1.165, 1.54) is 17.8 Å². The third-order valence-corrected chi connectivity index (χ3v) is 4.02. The number of benzene rings is 1. The minimum Gasteiger partial charge on any atom is -0.489 e. The van der Waals surface area contributed by atoms with Crippen molar-refractivity contribution in [3.05, 3.63) is 46.4 Å². The van der Waals surface area contributed by atoms with Crippen molar-refractivity contribution in [2.45, 2.75) is 44.9 Å². The molecule has 1 heterocycles. The molecule has 0 atom stereocenters. The van der Waals surface area contributed by atoms with Gasteiger partial charge in [0.15, 0.2) is 5.16 Å². The molecular weight excluding hydrogens is 338 g/mol. The fraction of sp³-hybridized carbons (Fsp3) is 0.389. The normalized spacial score (nSPS) is 10.7. The Balaban J connectivity index is 1.99. The minimum atomic E-state index is -0.197. The molecule has 25 heavy (non-hydrogen) atoms. The highest BCUT2D eigenvalue weighted by molar-refractivity contribution is 7.99. The van der Waals surface area contributed by atoms with Crippen LogP contribution in [0.3, 0.4) is 0 Å². The molecule has 0 saturated heterocycles. The quantitative estimate of drug-likeness (QED) is 0.557. The van der Waals surface area contributed by atoms with E-state index in [0.29, 0.717) is 16.6 Å². The van der Waals surface area contributed by atoms with Crippen LogP contribution in [0.1, 0.15) is 32.9 Å². The van der Waals surface area contributed by atoms with Gasteiger partial charge in [-0.05, 0) is 32.4 Å². The number of nitrogens with zero attached hydrogens (tertiary/aromatic N) is 1. The van der Waals surface area contributed by atoms with E-state index in [1.807, 2.05) is 39.0 Å². The number of anilines is 1. The van der Waals surface area contributed by atoms with Crippen LogP contribution < -0.4 is 15.6 Å². The maximum absolute atomic E-state index is 12.2. The van der Waals surface area contributed by atoms with Crippen LogP contribution in [0.15, 0.2) is 40.3 Å². The molecule has 0 bridgehead atoms. The fourth-order valence-electron chi connectivity index (χ4n) is 2.18. The van der Waals surface area contributed by atoms with E-state index in [0.717, 1.165) is 18.5 Å². The number of carbonyl (C=O) groups is 1. The van der Waals surface area contributed by atoms with E-state index in [2.05, 4.69) is 15.3 Å². The van der Waals surface area contributed by atoms with E-state index in [1.54, 1.807) is 6.07 Å². The lowest BCUT2D eigenvalue weighted by molar-refractivity contribution is -0.113.